The van der Waals surface area contributed by atoms with Gasteiger partial charge in [-0.2, -0.15) is 10.1 Å². The van der Waals surface area contributed by atoms with Gasteiger partial charge in [-0.25, -0.2) is 9.67 Å². The maximum Gasteiger partial charge on any atom is 0.269 e. The Balaban J connectivity index is 2.00. The van der Waals surface area contributed by atoms with Crippen LogP contribution < -0.4 is 11.4 Å². The van der Waals surface area contributed by atoms with Gasteiger partial charge in [0.25, 0.3) is 5.91 Å². The molecule has 0 bridgehead atoms. The van der Waals surface area contributed by atoms with Crippen molar-refractivity contribution in [1.82, 2.24) is 19.3 Å². The minimum atomic E-state index is -0.603. The number of aromatic nitrogens is 4. The second-order valence-electron chi connectivity index (χ2n) is 5.94. The third-order valence-electron chi connectivity index (χ3n) is 4.03. The smallest absolute Gasteiger partial charge is 0.269 e. The summed E-state index contributed by atoms with van der Waals surface area (Å²) in [6.07, 6.45) is 1.77. The first-order chi connectivity index (χ1) is 13.0. The van der Waals surface area contributed by atoms with Crippen molar-refractivity contribution in [2.24, 2.45) is 17.8 Å². The predicted molar refractivity (Wildman–Crippen MR) is 106 cm³/mol. The number of benzene rings is 2. The van der Waals surface area contributed by atoms with Crippen LogP contribution in [0, 0.1) is 0 Å². The Morgan fingerprint density at radius 2 is 1.81 bits per heavy atom. The molecule has 7 nitrogen and oxygen atoms in total. The number of amides is 1. The molecule has 27 heavy (non-hydrogen) atoms. The summed E-state index contributed by atoms with van der Waals surface area (Å²) in [6.45, 7) is 0. The molecule has 2 aromatic carbocycles. The lowest BCUT2D eigenvalue weighted by atomic mass is 10.3. The fraction of sp³-hybridized carbons (Fsp3) is 0.0526. The van der Waals surface area contributed by atoms with E-state index in [0.29, 0.717) is 16.7 Å². The van der Waals surface area contributed by atoms with Crippen LogP contribution in [0.4, 0.5) is 5.69 Å². The fourth-order valence-corrected chi connectivity index (χ4v) is 3.00. The van der Waals surface area contributed by atoms with Gasteiger partial charge in [0.05, 0.1) is 16.8 Å². The molecule has 2 aromatic heterocycles. The Labute approximate surface area is 162 Å². The molecular weight excluding hydrogens is 408 g/mol. The van der Waals surface area contributed by atoms with Gasteiger partial charge in [-0.1, -0.05) is 34.1 Å². The Hall–Kier alpha value is -3.26. The first-order valence-corrected chi connectivity index (χ1v) is 8.94. The Bertz CT molecular complexity index is 1210. The third kappa shape index (κ3) is 3.26. The van der Waals surface area contributed by atoms with Crippen LogP contribution in [-0.4, -0.2) is 25.2 Å². The minimum absolute atomic E-state index is 0.173. The summed E-state index contributed by atoms with van der Waals surface area (Å²) < 4.78 is 4.33. The van der Waals surface area contributed by atoms with Crippen LogP contribution in [-0.2, 0) is 7.05 Å². The average Bonchev–Trinajstić information content (AvgIpc) is 3.03. The van der Waals surface area contributed by atoms with Crippen molar-refractivity contribution in [3.05, 3.63) is 76.6 Å². The van der Waals surface area contributed by atoms with Gasteiger partial charge >= 0.3 is 0 Å². The number of nitrogens with zero attached hydrogens (tertiary/aromatic N) is 5. The molecule has 1 amide bonds. The van der Waals surface area contributed by atoms with Crippen molar-refractivity contribution in [2.45, 2.75) is 0 Å². The number of aryl methyl sites for hydroxylation is 1. The van der Waals surface area contributed by atoms with Crippen LogP contribution in [0.3, 0.4) is 0 Å². The SMILES string of the molecule is Cn1cc2c(C(N)=O)nn(-c3ccccc3)c2nc1=Nc1ccc(Br)cc1. The molecule has 0 aliphatic heterocycles. The maximum atomic E-state index is 11.9. The summed E-state index contributed by atoms with van der Waals surface area (Å²) in [5, 5.41) is 4.95. The molecule has 2 N–H and O–H groups in total. The molecule has 0 saturated carbocycles. The molecule has 134 valence electrons. The lowest BCUT2D eigenvalue weighted by Crippen LogP contribution is -2.21. The van der Waals surface area contributed by atoms with Crippen LogP contribution in [0.2, 0.25) is 0 Å². The number of para-hydroxylation sites is 1. The van der Waals surface area contributed by atoms with E-state index in [1.807, 2.05) is 61.6 Å². The fourth-order valence-electron chi connectivity index (χ4n) is 2.74. The molecule has 0 unspecified atom stereocenters. The van der Waals surface area contributed by atoms with E-state index in [9.17, 15) is 4.79 Å². The second-order valence-corrected chi connectivity index (χ2v) is 6.85. The number of carbonyl (C=O) groups is 1. The Morgan fingerprint density at radius 3 is 2.48 bits per heavy atom. The zero-order valence-electron chi connectivity index (χ0n) is 14.4. The molecule has 0 aliphatic rings. The second kappa shape index (κ2) is 6.81. The lowest BCUT2D eigenvalue weighted by molar-refractivity contribution is 0.0996. The summed E-state index contributed by atoms with van der Waals surface area (Å²) in [4.78, 5) is 21.1. The van der Waals surface area contributed by atoms with E-state index in [0.717, 1.165) is 15.8 Å². The molecule has 0 aliphatic carbocycles. The minimum Gasteiger partial charge on any atom is -0.364 e. The Kier molecular flexibility index (Phi) is 4.33. The number of primary amides is 1. The van der Waals surface area contributed by atoms with Crippen LogP contribution in [0.1, 0.15) is 10.5 Å². The van der Waals surface area contributed by atoms with Crippen LogP contribution in [0.5, 0.6) is 0 Å². The molecule has 8 heteroatoms. The zero-order valence-corrected chi connectivity index (χ0v) is 16.0. The molecular formula is C19H15BrN6O. The largest absolute Gasteiger partial charge is 0.364 e. The quantitative estimate of drug-likeness (QED) is 0.550. The number of nitrogens with two attached hydrogens (primary N) is 1. The van der Waals surface area contributed by atoms with Crippen LogP contribution in [0.25, 0.3) is 16.7 Å². The van der Waals surface area contributed by atoms with Crippen molar-refractivity contribution in [2.75, 3.05) is 0 Å². The van der Waals surface area contributed by atoms with Crippen molar-refractivity contribution < 1.29 is 4.79 Å². The summed E-state index contributed by atoms with van der Waals surface area (Å²) >= 11 is 3.41. The van der Waals surface area contributed by atoms with Crippen molar-refractivity contribution in [3.63, 3.8) is 0 Å². The van der Waals surface area contributed by atoms with E-state index in [1.54, 1.807) is 15.4 Å². The zero-order chi connectivity index (χ0) is 19.0. The number of fused-ring (bicyclic) bond motifs is 1. The standard InChI is InChI=1S/C19H15BrN6O/c1-25-11-15-16(17(21)27)24-26(14-5-3-2-4-6-14)18(15)23-19(25)22-13-9-7-12(20)8-10-13/h2-11H,1H3,(H2,21,27). The summed E-state index contributed by atoms with van der Waals surface area (Å²) in [5.74, 6) is -0.603. The molecule has 0 fully saturated rings. The highest BCUT2D eigenvalue weighted by molar-refractivity contribution is 9.10. The van der Waals surface area contributed by atoms with Crippen LogP contribution in [0.15, 0.2) is 70.3 Å². The van der Waals surface area contributed by atoms with E-state index in [-0.39, 0.29) is 5.69 Å². The van der Waals surface area contributed by atoms with Gasteiger partial charge in [-0.15, -0.1) is 0 Å². The van der Waals surface area contributed by atoms with Gasteiger partial charge in [0.15, 0.2) is 11.3 Å². The summed E-state index contributed by atoms with van der Waals surface area (Å²) in [5.41, 5.74) is 8.24. The average molecular weight is 423 g/mol. The van der Waals surface area contributed by atoms with E-state index < -0.39 is 5.91 Å². The summed E-state index contributed by atoms with van der Waals surface area (Å²) in [6, 6.07) is 17.1. The highest BCUT2D eigenvalue weighted by atomic mass is 79.9. The first-order valence-electron chi connectivity index (χ1n) is 8.15. The number of rotatable bonds is 3. The van der Waals surface area contributed by atoms with Gasteiger partial charge in [-0.05, 0) is 36.4 Å². The molecule has 4 rings (SSSR count). The molecule has 4 aromatic rings. The number of hydrogen-bond donors (Lipinski definition) is 1. The van der Waals surface area contributed by atoms with Gasteiger partial charge in [-0.3, -0.25) is 4.79 Å². The van der Waals surface area contributed by atoms with Crippen LogP contribution >= 0.6 is 15.9 Å². The number of hydrogen-bond acceptors (Lipinski definition) is 4. The lowest BCUT2D eigenvalue weighted by Gasteiger charge is -2.04. The topological polar surface area (TPSA) is 91.1 Å². The normalized spacial score (nSPS) is 11.9. The molecule has 0 saturated heterocycles. The van der Waals surface area contributed by atoms with Crippen molar-refractivity contribution in [3.8, 4) is 5.69 Å². The van der Waals surface area contributed by atoms with E-state index in [1.165, 1.54) is 0 Å². The summed E-state index contributed by atoms with van der Waals surface area (Å²) in [7, 11) is 1.81. The maximum absolute atomic E-state index is 11.9. The molecule has 2 heterocycles. The predicted octanol–water partition coefficient (Wildman–Crippen LogP) is 2.85. The monoisotopic (exact) mass is 422 g/mol. The third-order valence-corrected chi connectivity index (χ3v) is 4.56. The van der Waals surface area contributed by atoms with Gasteiger partial charge in [0.2, 0.25) is 5.62 Å². The van der Waals surface area contributed by atoms with Gasteiger partial charge < -0.3 is 10.3 Å². The first kappa shape index (κ1) is 17.2. The highest BCUT2D eigenvalue weighted by Crippen LogP contribution is 2.20. The molecule has 0 atom stereocenters. The molecule has 0 radical (unpaired) electrons. The van der Waals surface area contributed by atoms with Gasteiger partial charge in [0.1, 0.15) is 0 Å². The van der Waals surface area contributed by atoms with Gasteiger partial charge in [0, 0.05) is 17.7 Å². The van der Waals surface area contributed by atoms with Crippen molar-refractivity contribution >= 4 is 38.6 Å². The molecule has 0 spiro atoms. The Morgan fingerprint density at radius 1 is 1.11 bits per heavy atom. The van der Waals surface area contributed by atoms with E-state index in [4.69, 9.17) is 5.73 Å². The van der Waals surface area contributed by atoms with Crippen molar-refractivity contribution in [1.29, 1.82) is 0 Å². The van der Waals surface area contributed by atoms with E-state index in [2.05, 4.69) is 31.0 Å². The van der Waals surface area contributed by atoms with E-state index >= 15 is 0 Å². The number of halogens is 1. The highest BCUT2D eigenvalue weighted by Gasteiger charge is 2.18. The number of carbonyl (C=O) groups excluding carboxylic acids is 1.